The molecule has 0 fully saturated rings. The van der Waals surface area contributed by atoms with E-state index in [2.05, 4.69) is 13.8 Å². The Morgan fingerprint density at radius 1 is 0.615 bits per heavy atom. The van der Waals surface area contributed by atoms with Gasteiger partial charge in [-0.3, -0.25) is 0 Å². The third kappa shape index (κ3) is 12.4. The third-order valence-corrected chi connectivity index (χ3v) is 3.60. The van der Waals surface area contributed by atoms with Crippen LogP contribution < -0.4 is 0 Å². The van der Waals surface area contributed by atoms with E-state index in [1.165, 1.54) is 63.7 Å². The van der Waals surface area contributed by atoms with E-state index >= 15 is 0 Å². The first-order chi connectivity index (χ1) is 6.41. The first kappa shape index (κ1) is 13.4. The molecule has 0 saturated carbocycles. The fraction of sp³-hybridized carbons (Fsp3) is 1.00. The molecule has 1 heteroatoms. The molecule has 0 amide bonds. The Hall–Kier alpha value is 0.430. The number of hydrogen-bond donors (Lipinski definition) is 0. The molecule has 0 spiro atoms. The molecule has 0 nitrogen and oxygen atoms in total. The SMILES string of the molecule is CCCCCC[P]CCCCCC. The van der Waals surface area contributed by atoms with Gasteiger partial charge in [-0.15, -0.1) is 0 Å². The molecule has 13 heavy (non-hydrogen) atoms. The molecule has 0 N–H and O–H groups in total. The van der Waals surface area contributed by atoms with E-state index in [-0.39, 0.29) is 0 Å². The zero-order valence-corrected chi connectivity index (χ0v) is 10.4. The molecule has 1 radical (unpaired) electrons. The van der Waals surface area contributed by atoms with Crippen molar-refractivity contribution >= 4 is 8.58 Å². The normalized spacial score (nSPS) is 10.6. The second kappa shape index (κ2) is 12.4. The van der Waals surface area contributed by atoms with Crippen LogP contribution in [0.2, 0.25) is 0 Å². The van der Waals surface area contributed by atoms with E-state index in [4.69, 9.17) is 0 Å². The van der Waals surface area contributed by atoms with Gasteiger partial charge in [0.25, 0.3) is 0 Å². The number of rotatable bonds is 10. The summed E-state index contributed by atoms with van der Waals surface area (Å²) < 4.78 is 0. The van der Waals surface area contributed by atoms with Crippen molar-refractivity contribution in [1.29, 1.82) is 0 Å². The fourth-order valence-corrected chi connectivity index (χ4v) is 2.53. The average molecular weight is 201 g/mol. The Morgan fingerprint density at radius 2 is 1.08 bits per heavy atom. The summed E-state index contributed by atoms with van der Waals surface area (Å²) in [7, 11) is 1.70. The molecule has 0 atom stereocenters. The molecular formula is C12H26P. The Morgan fingerprint density at radius 3 is 1.46 bits per heavy atom. The summed E-state index contributed by atoms with van der Waals surface area (Å²) in [6.45, 7) is 4.56. The maximum atomic E-state index is 2.28. The van der Waals surface area contributed by atoms with Crippen molar-refractivity contribution in [2.75, 3.05) is 12.3 Å². The van der Waals surface area contributed by atoms with E-state index in [9.17, 15) is 0 Å². The van der Waals surface area contributed by atoms with Crippen LogP contribution in [0.5, 0.6) is 0 Å². The zero-order valence-electron chi connectivity index (χ0n) is 9.52. The first-order valence-corrected chi connectivity index (χ1v) is 7.31. The number of unbranched alkanes of at least 4 members (excludes halogenated alkanes) is 6. The second-order valence-corrected chi connectivity index (χ2v) is 5.13. The lowest BCUT2D eigenvalue weighted by molar-refractivity contribution is 0.698. The highest BCUT2D eigenvalue weighted by molar-refractivity contribution is 7.37. The summed E-state index contributed by atoms with van der Waals surface area (Å²) in [6.07, 6.45) is 14.3. The smallest absolute Gasteiger partial charge is 0.0287 e. The summed E-state index contributed by atoms with van der Waals surface area (Å²) in [5.41, 5.74) is 0. The lowest BCUT2D eigenvalue weighted by atomic mass is 10.2. The lowest BCUT2D eigenvalue weighted by Gasteiger charge is -2.00. The van der Waals surface area contributed by atoms with Crippen LogP contribution in [-0.4, -0.2) is 12.3 Å². The predicted octanol–water partition coefficient (Wildman–Crippen LogP) is 5.09. The van der Waals surface area contributed by atoms with Crippen LogP contribution in [0, 0.1) is 0 Å². The first-order valence-electron chi connectivity index (χ1n) is 6.05. The summed E-state index contributed by atoms with van der Waals surface area (Å²) in [5.74, 6) is 0. The van der Waals surface area contributed by atoms with Crippen molar-refractivity contribution in [3.63, 3.8) is 0 Å². The Bertz CT molecular complexity index is 71.2. The zero-order chi connectivity index (χ0) is 9.78. The van der Waals surface area contributed by atoms with Crippen molar-refractivity contribution in [3.05, 3.63) is 0 Å². The van der Waals surface area contributed by atoms with Gasteiger partial charge in [0, 0.05) is 0 Å². The van der Waals surface area contributed by atoms with Crippen molar-refractivity contribution in [3.8, 4) is 0 Å². The van der Waals surface area contributed by atoms with Gasteiger partial charge < -0.3 is 0 Å². The minimum Gasteiger partial charge on any atom is -0.0810 e. The van der Waals surface area contributed by atoms with E-state index in [0.717, 1.165) is 0 Å². The van der Waals surface area contributed by atoms with Crippen LogP contribution in [0.15, 0.2) is 0 Å². The van der Waals surface area contributed by atoms with Crippen LogP contribution in [0.3, 0.4) is 0 Å². The third-order valence-electron chi connectivity index (χ3n) is 2.34. The predicted molar refractivity (Wildman–Crippen MR) is 64.9 cm³/mol. The Balaban J connectivity index is 2.76. The quantitative estimate of drug-likeness (QED) is 0.341. The van der Waals surface area contributed by atoms with E-state index in [0.29, 0.717) is 0 Å². The molecule has 0 aromatic heterocycles. The molecule has 0 aliphatic carbocycles. The minimum atomic E-state index is 1.37. The molecular weight excluding hydrogens is 175 g/mol. The molecule has 0 aromatic rings. The molecule has 0 unspecified atom stereocenters. The Kier molecular flexibility index (Phi) is 12.8. The van der Waals surface area contributed by atoms with Crippen molar-refractivity contribution < 1.29 is 0 Å². The molecule has 0 heterocycles. The van der Waals surface area contributed by atoms with Crippen molar-refractivity contribution in [2.45, 2.75) is 65.2 Å². The van der Waals surface area contributed by atoms with Gasteiger partial charge in [0.1, 0.15) is 0 Å². The molecule has 0 aliphatic rings. The average Bonchev–Trinajstić information content (AvgIpc) is 2.16. The molecule has 79 valence electrons. The highest BCUT2D eigenvalue weighted by Crippen LogP contribution is 2.16. The van der Waals surface area contributed by atoms with Crippen molar-refractivity contribution in [2.24, 2.45) is 0 Å². The molecule has 0 rings (SSSR count). The largest absolute Gasteiger partial charge is 0.0810 e. The standard InChI is InChI=1S/C12H26P/c1-3-5-7-9-11-13-12-10-8-6-4-2/h3-12H2,1-2H3. The van der Waals surface area contributed by atoms with Crippen LogP contribution >= 0.6 is 8.58 Å². The lowest BCUT2D eigenvalue weighted by Crippen LogP contribution is -1.83. The van der Waals surface area contributed by atoms with Crippen molar-refractivity contribution in [1.82, 2.24) is 0 Å². The van der Waals surface area contributed by atoms with Gasteiger partial charge in [0.05, 0.1) is 0 Å². The summed E-state index contributed by atoms with van der Waals surface area (Å²) in [4.78, 5) is 0. The summed E-state index contributed by atoms with van der Waals surface area (Å²) in [5, 5.41) is 0. The summed E-state index contributed by atoms with van der Waals surface area (Å²) in [6, 6.07) is 0. The highest BCUT2D eigenvalue weighted by atomic mass is 31.1. The molecule has 0 aliphatic heterocycles. The van der Waals surface area contributed by atoms with E-state index in [1.54, 1.807) is 8.58 Å². The van der Waals surface area contributed by atoms with Crippen LogP contribution in [0.4, 0.5) is 0 Å². The highest BCUT2D eigenvalue weighted by Gasteiger charge is 1.91. The molecule has 0 saturated heterocycles. The Labute approximate surface area is 86.7 Å². The molecule has 0 aromatic carbocycles. The monoisotopic (exact) mass is 201 g/mol. The fourth-order valence-electron chi connectivity index (χ4n) is 1.41. The maximum absolute atomic E-state index is 2.28. The minimum absolute atomic E-state index is 1.37. The second-order valence-electron chi connectivity index (χ2n) is 3.79. The topological polar surface area (TPSA) is 0 Å². The van der Waals surface area contributed by atoms with Crippen LogP contribution in [-0.2, 0) is 0 Å². The van der Waals surface area contributed by atoms with Gasteiger partial charge >= 0.3 is 0 Å². The van der Waals surface area contributed by atoms with E-state index in [1.807, 2.05) is 0 Å². The van der Waals surface area contributed by atoms with E-state index < -0.39 is 0 Å². The van der Waals surface area contributed by atoms with Crippen LogP contribution in [0.25, 0.3) is 0 Å². The maximum Gasteiger partial charge on any atom is -0.0287 e. The van der Waals surface area contributed by atoms with Gasteiger partial charge in [0.2, 0.25) is 0 Å². The van der Waals surface area contributed by atoms with Gasteiger partial charge in [-0.2, -0.15) is 0 Å². The number of hydrogen-bond acceptors (Lipinski definition) is 0. The van der Waals surface area contributed by atoms with Gasteiger partial charge in [-0.25, -0.2) is 0 Å². The molecule has 0 bridgehead atoms. The van der Waals surface area contributed by atoms with Gasteiger partial charge in [-0.1, -0.05) is 61.0 Å². The summed E-state index contributed by atoms with van der Waals surface area (Å²) >= 11 is 0. The van der Waals surface area contributed by atoms with Gasteiger partial charge in [-0.05, 0) is 25.2 Å². The van der Waals surface area contributed by atoms with Crippen LogP contribution in [0.1, 0.15) is 65.2 Å². The van der Waals surface area contributed by atoms with Gasteiger partial charge in [0.15, 0.2) is 0 Å².